The number of nitrogens with zero attached hydrogens (tertiary/aromatic N) is 1. The fourth-order valence-electron chi connectivity index (χ4n) is 1.77. The van der Waals surface area contributed by atoms with Gasteiger partial charge in [0.15, 0.2) is 5.13 Å². The van der Waals surface area contributed by atoms with Crippen molar-refractivity contribution >= 4 is 22.4 Å². The molecule has 1 heterocycles. The lowest BCUT2D eigenvalue weighted by molar-refractivity contribution is 0.0901. The van der Waals surface area contributed by atoms with Crippen LogP contribution >= 0.6 is 11.3 Å². The van der Waals surface area contributed by atoms with Gasteiger partial charge in [-0.3, -0.25) is 4.79 Å². The number of hydrogen-bond donors (Lipinski definition) is 3. The third-order valence-electron chi connectivity index (χ3n) is 2.47. The van der Waals surface area contributed by atoms with Gasteiger partial charge in [0, 0.05) is 6.54 Å². The summed E-state index contributed by atoms with van der Waals surface area (Å²) in [4.78, 5) is 16.7. The molecule has 1 amide bonds. The summed E-state index contributed by atoms with van der Waals surface area (Å²) < 4.78 is 0. The third-order valence-corrected chi connectivity index (χ3v) is 3.43. The van der Waals surface area contributed by atoms with E-state index >= 15 is 0 Å². The van der Waals surface area contributed by atoms with Gasteiger partial charge in [-0.25, -0.2) is 4.98 Å². The molecule has 1 aromatic rings. The molecule has 0 aliphatic carbocycles. The van der Waals surface area contributed by atoms with Gasteiger partial charge in [0.1, 0.15) is 4.88 Å². The van der Waals surface area contributed by atoms with Crippen LogP contribution < -0.4 is 10.6 Å². The smallest absolute Gasteiger partial charge is 0.263 e. The molecule has 0 saturated carbocycles. The maximum Gasteiger partial charge on any atom is 0.263 e. The molecule has 1 rings (SSSR count). The predicted octanol–water partition coefficient (Wildman–Crippen LogP) is 2.10. The van der Waals surface area contributed by atoms with E-state index < -0.39 is 0 Å². The number of carbonyl (C=O) groups is 1. The van der Waals surface area contributed by atoms with Crippen molar-refractivity contribution in [2.75, 3.05) is 18.5 Å². The summed E-state index contributed by atoms with van der Waals surface area (Å²) in [6, 6.07) is -0.225. The van der Waals surface area contributed by atoms with Crippen molar-refractivity contribution in [3.05, 3.63) is 11.1 Å². The van der Waals surface area contributed by atoms with Crippen LogP contribution in [-0.4, -0.2) is 35.2 Å². The first-order chi connectivity index (χ1) is 8.85. The molecule has 0 radical (unpaired) electrons. The van der Waals surface area contributed by atoms with Crippen LogP contribution in [0.3, 0.4) is 0 Å². The van der Waals surface area contributed by atoms with E-state index in [1.807, 2.05) is 6.92 Å². The summed E-state index contributed by atoms with van der Waals surface area (Å²) in [6.07, 6.45) is 2.29. The van der Waals surface area contributed by atoms with Gasteiger partial charge < -0.3 is 15.7 Å². The zero-order chi connectivity index (χ0) is 14.5. The number of aromatic nitrogens is 1. The van der Waals surface area contributed by atoms with Gasteiger partial charge in [-0.1, -0.05) is 32.1 Å². The first-order valence-electron chi connectivity index (χ1n) is 6.47. The number of amides is 1. The van der Waals surface area contributed by atoms with Crippen molar-refractivity contribution in [2.24, 2.45) is 5.41 Å². The molecule has 0 spiro atoms. The lowest BCUT2D eigenvalue weighted by Gasteiger charge is -2.25. The summed E-state index contributed by atoms with van der Waals surface area (Å²) in [6.45, 7) is 8.94. The monoisotopic (exact) mass is 285 g/mol. The Morgan fingerprint density at radius 3 is 2.74 bits per heavy atom. The molecule has 108 valence electrons. The standard InChI is InChI=1S/C13H23N3O2S/c1-5-14-12-15-7-10(19-12)11(18)16-9(8-17)6-13(2,3)4/h7,9,17H,5-6,8H2,1-4H3,(H,14,15)(H,16,18). The maximum atomic E-state index is 12.0. The van der Waals surface area contributed by atoms with Crippen molar-refractivity contribution in [1.29, 1.82) is 0 Å². The first-order valence-corrected chi connectivity index (χ1v) is 7.28. The zero-order valence-corrected chi connectivity index (χ0v) is 12.8. The summed E-state index contributed by atoms with van der Waals surface area (Å²) in [7, 11) is 0. The van der Waals surface area contributed by atoms with E-state index in [1.54, 1.807) is 6.20 Å². The average Bonchev–Trinajstić information content (AvgIpc) is 2.75. The normalized spacial score (nSPS) is 13.1. The number of thiazole rings is 1. The van der Waals surface area contributed by atoms with Gasteiger partial charge in [0.2, 0.25) is 0 Å². The van der Waals surface area contributed by atoms with Crippen LogP contribution in [0.5, 0.6) is 0 Å². The highest BCUT2D eigenvalue weighted by molar-refractivity contribution is 7.17. The van der Waals surface area contributed by atoms with E-state index in [1.165, 1.54) is 11.3 Å². The number of rotatable bonds is 6. The molecule has 19 heavy (non-hydrogen) atoms. The van der Waals surface area contributed by atoms with Crippen LogP contribution in [0.4, 0.5) is 5.13 Å². The van der Waals surface area contributed by atoms with E-state index in [0.717, 1.165) is 18.1 Å². The number of nitrogens with one attached hydrogen (secondary N) is 2. The highest BCUT2D eigenvalue weighted by Crippen LogP contribution is 2.22. The molecular formula is C13H23N3O2S. The zero-order valence-electron chi connectivity index (χ0n) is 12.0. The molecule has 1 aromatic heterocycles. The quantitative estimate of drug-likeness (QED) is 0.748. The largest absolute Gasteiger partial charge is 0.394 e. The van der Waals surface area contributed by atoms with Crippen LogP contribution in [0, 0.1) is 5.41 Å². The molecule has 1 atom stereocenters. The van der Waals surface area contributed by atoms with Crippen LogP contribution in [-0.2, 0) is 0 Å². The minimum absolute atomic E-state index is 0.0537. The summed E-state index contributed by atoms with van der Waals surface area (Å²) >= 11 is 1.32. The Balaban J connectivity index is 2.61. The molecule has 0 saturated heterocycles. The van der Waals surface area contributed by atoms with E-state index in [4.69, 9.17) is 0 Å². The van der Waals surface area contributed by atoms with Gasteiger partial charge >= 0.3 is 0 Å². The molecule has 1 unspecified atom stereocenters. The van der Waals surface area contributed by atoms with Gasteiger partial charge in [-0.15, -0.1) is 0 Å². The molecule has 0 aliphatic heterocycles. The van der Waals surface area contributed by atoms with Gasteiger partial charge in [0.25, 0.3) is 5.91 Å². The van der Waals surface area contributed by atoms with Crippen molar-refractivity contribution in [1.82, 2.24) is 10.3 Å². The first kappa shape index (κ1) is 15.9. The summed E-state index contributed by atoms with van der Waals surface area (Å²) in [5.41, 5.74) is 0.0588. The van der Waals surface area contributed by atoms with Crippen LogP contribution in [0.2, 0.25) is 0 Å². The Morgan fingerprint density at radius 1 is 1.53 bits per heavy atom. The number of carbonyl (C=O) groups excluding carboxylic acids is 1. The lowest BCUT2D eigenvalue weighted by Crippen LogP contribution is -2.39. The maximum absolute atomic E-state index is 12.0. The second-order valence-corrected chi connectivity index (χ2v) is 6.71. The Hall–Kier alpha value is -1.14. The van der Waals surface area contributed by atoms with E-state index in [-0.39, 0.29) is 24.0 Å². The average molecular weight is 285 g/mol. The van der Waals surface area contributed by atoms with Crippen LogP contribution in [0.25, 0.3) is 0 Å². The minimum atomic E-state index is -0.225. The second-order valence-electron chi connectivity index (χ2n) is 5.68. The predicted molar refractivity (Wildman–Crippen MR) is 78.7 cm³/mol. The fraction of sp³-hybridized carbons (Fsp3) is 0.692. The summed E-state index contributed by atoms with van der Waals surface area (Å²) in [5, 5.41) is 16.0. The highest BCUT2D eigenvalue weighted by Gasteiger charge is 2.21. The Bertz CT molecular complexity index is 412. The molecule has 0 aromatic carbocycles. The van der Waals surface area contributed by atoms with Crippen LogP contribution in [0.1, 0.15) is 43.8 Å². The van der Waals surface area contributed by atoms with E-state index in [2.05, 4.69) is 36.4 Å². The minimum Gasteiger partial charge on any atom is -0.394 e. The number of hydrogen-bond acceptors (Lipinski definition) is 5. The number of aliphatic hydroxyl groups is 1. The molecule has 0 bridgehead atoms. The van der Waals surface area contributed by atoms with Crippen molar-refractivity contribution in [3.63, 3.8) is 0 Å². The number of aliphatic hydroxyl groups excluding tert-OH is 1. The molecule has 3 N–H and O–H groups in total. The Kier molecular flexibility index (Phi) is 5.75. The van der Waals surface area contributed by atoms with Gasteiger partial charge in [0.05, 0.1) is 18.8 Å². The van der Waals surface area contributed by atoms with E-state index in [9.17, 15) is 9.90 Å². The van der Waals surface area contributed by atoms with Gasteiger partial charge in [-0.05, 0) is 18.8 Å². The van der Waals surface area contributed by atoms with Crippen molar-refractivity contribution < 1.29 is 9.90 Å². The Morgan fingerprint density at radius 2 is 2.21 bits per heavy atom. The fourth-order valence-corrected chi connectivity index (χ4v) is 2.56. The topological polar surface area (TPSA) is 74.2 Å². The van der Waals surface area contributed by atoms with Crippen molar-refractivity contribution in [2.45, 2.75) is 40.2 Å². The molecule has 6 heteroatoms. The molecule has 0 fully saturated rings. The van der Waals surface area contributed by atoms with Crippen molar-refractivity contribution in [3.8, 4) is 0 Å². The van der Waals surface area contributed by atoms with E-state index in [0.29, 0.717) is 4.88 Å². The molecule has 5 nitrogen and oxygen atoms in total. The molecule has 0 aliphatic rings. The third kappa shape index (κ3) is 5.57. The Labute approximate surface area is 118 Å². The SMILES string of the molecule is CCNc1ncc(C(=O)NC(CO)CC(C)(C)C)s1. The van der Waals surface area contributed by atoms with Crippen LogP contribution in [0.15, 0.2) is 6.20 Å². The van der Waals surface area contributed by atoms with Gasteiger partial charge in [-0.2, -0.15) is 0 Å². The highest BCUT2D eigenvalue weighted by atomic mass is 32.1. The number of anilines is 1. The lowest BCUT2D eigenvalue weighted by atomic mass is 9.88. The second kappa shape index (κ2) is 6.86. The molecular weight excluding hydrogens is 262 g/mol. The summed E-state index contributed by atoms with van der Waals surface area (Å²) in [5.74, 6) is -0.176.